The number of hydrogen-bond donors (Lipinski definition) is 1. The van der Waals surface area contributed by atoms with E-state index in [4.69, 9.17) is 0 Å². The lowest BCUT2D eigenvalue weighted by Crippen LogP contribution is -2.29. The molecular weight excluding hydrogens is 354 g/mol. The van der Waals surface area contributed by atoms with Crippen LogP contribution in [0.4, 0.5) is 5.69 Å². The number of carboxylic acid groups (broad SMARTS) is 1. The standard InChI is InChI=1S/C23H15NO4/c25-21-18-8-4-5-9-19(18)22(26)24(21)17-12-10-15(11-13-17)14-20(23(27)28)16-6-2-1-3-7-16/h1-14H,(H,27,28). The van der Waals surface area contributed by atoms with Gasteiger partial charge in [-0.05, 0) is 41.5 Å². The second kappa shape index (κ2) is 6.96. The smallest absolute Gasteiger partial charge is 0.336 e. The Morgan fingerprint density at radius 1 is 0.750 bits per heavy atom. The Morgan fingerprint density at radius 3 is 1.82 bits per heavy atom. The van der Waals surface area contributed by atoms with Crippen molar-refractivity contribution >= 4 is 35.1 Å². The van der Waals surface area contributed by atoms with Crippen LogP contribution in [0.2, 0.25) is 0 Å². The van der Waals surface area contributed by atoms with Gasteiger partial charge in [-0.3, -0.25) is 9.59 Å². The Hall–Kier alpha value is -3.99. The second-order valence-electron chi connectivity index (χ2n) is 6.31. The Labute approximate surface area is 161 Å². The summed E-state index contributed by atoms with van der Waals surface area (Å²) in [6.45, 7) is 0. The zero-order valence-electron chi connectivity index (χ0n) is 14.7. The van der Waals surface area contributed by atoms with Gasteiger partial charge in [-0.1, -0.05) is 54.6 Å². The number of carbonyl (C=O) groups is 3. The predicted molar refractivity (Wildman–Crippen MR) is 106 cm³/mol. The highest BCUT2D eigenvalue weighted by Crippen LogP contribution is 2.29. The van der Waals surface area contributed by atoms with E-state index in [2.05, 4.69) is 0 Å². The summed E-state index contributed by atoms with van der Waals surface area (Å²) in [5, 5.41) is 9.52. The first-order chi connectivity index (χ1) is 13.6. The van der Waals surface area contributed by atoms with Gasteiger partial charge in [-0.2, -0.15) is 0 Å². The van der Waals surface area contributed by atoms with E-state index in [9.17, 15) is 19.5 Å². The minimum Gasteiger partial charge on any atom is -0.478 e. The summed E-state index contributed by atoms with van der Waals surface area (Å²) in [7, 11) is 0. The predicted octanol–water partition coefficient (Wildman–Crippen LogP) is 4.11. The molecule has 0 bridgehead atoms. The van der Waals surface area contributed by atoms with Crippen LogP contribution in [0.25, 0.3) is 11.6 Å². The zero-order valence-corrected chi connectivity index (χ0v) is 14.7. The second-order valence-corrected chi connectivity index (χ2v) is 6.31. The van der Waals surface area contributed by atoms with Gasteiger partial charge in [0.1, 0.15) is 0 Å². The summed E-state index contributed by atoms with van der Waals surface area (Å²) in [5.41, 5.74) is 2.62. The van der Waals surface area contributed by atoms with Crippen LogP contribution in [-0.2, 0) is 4.79 Å². The number of aliphatic carboxylic acids is 1. The number of imide groups is 1. The fourth-order valence-electron chi connectivity index (χ4n) is 3.20. The van der Waals surface area contributed by atoms with Crippen molar-refractivity contribution in [2.24, 2.45) is 0 Å². The lowest BCUT2D eigenvalue weighted by Gasteiger charge is -2.14. The van der Waals surface area contributed by atoms with Crippen molar-refractivity contribution in [2.75, 3.05) is 4.90 Å². The topological polar surface area (TPSA) is 74.7 Å². The van der Waals surface area contributed by atoms with Gasteiger partial charge in [-0.15, -0.1) is 0 Å². The maximum atomic E-state index is 12.6. The Balaban J connectivity index is 1.66. The van der Waals surface area contributed by atoms with E-state index in [1.54, 1.807) is 78.9 Å². The largest absolute Gasteiger partial charge is 0.478 e. The highest BCUT2D eigenvalue weighted by Gasteiger charge is 2.36. The summed E-state index contributed by atoms with van der Waals surface area (Å²) in [4.78, 5) is 37.9. The summed E-state index contributed by atoms with van der Waals surface area (Å²) < 4.78 is 0. The number of amides is 2. The van der Waals surface area contributed by atoms with E-state index in [1.165, 1.54) is 0 Å². The summed E-state index contributed by atoms with van der Waals surface area (Å²) in [6.07, 6.45) is 1.56. The molecule has 0 saturated heterocycles. The monoisotopic (exact) mass is 369 g/mol. The van der Waals surface area contributed by atoms with Crippen LogP contribution in [-0.4, -0.2) is 22.9 Å². The van der Waals surface area contributed by atoms with Crippen LogP contribution < -0.4 is 4.90 Å². The van der Waals surface area contributed by atoms with Crippen molar-refractivity contribution in [1.82, 2.24) is 0 Å². The van der Waals surface area contributed by atoms with Crippen molar-refractivity contribution < 1.29 is 19.5 Å². The van der Waals surface area contributed by atoms with Gasteiger partial charge in [0.2, 0.25) is 0 Å². The SMILES string of the molecule is O=C(O)C(=Cc1ccc(N2C(=O)c3ccccc3C2=O)cc1)c1ccccc1. The van der Waals surface area contributed by atoms with Gasteiger partial charge in [0.15, 0.2) is 0 Å². The first kappa shape index (κ1) is 17.4. The molecule has 3 aromatic rings. The van der Waals surface area contributed by atoms with Crippen molar-refractivity contribution in [3.8, 4) is 0 Å². The zero-order chi connectivity index (χ0) is 19.7. The van der Waals surface area contributed by atoms with Gasteiger partial charge < -0.3 is 5.11 Å². The first-order valence-corrected chi connectivity index (χ1v) is 8.64. The fraction of sp³-hybridized carbons (Fsp3) is 0. The third-order valence-electron chi connectivity index (χ3n) is 4.57. The first-order valence-electron chi connectivity index (χ1n) is 8.64. The normalized spacial score (nSPS) is 13.6. The Bertz CT molecular complexity index is 1080. The van der Waals surface area contributed by atoms with E-state index in [0.717, 1.165) is 4.90 Å². The molecule has 1 N–H and O–H groups in total. The highest BCUT2D eigenvalue weighted by molar-refractivity contribution is 6.34. The molecule has 0 radical (unpaired) electrons. The van der Waals surface area contributed by atoms with Crippen LogP contribution in [0.1, 0.15) is 31.8 Å². The molecule has 1 aliphatic rings. The summed E-state index contributed by atoms with van der Waals surface area (Å²) in [5.74, 6) is -1.76. The van der Waals surface area contributed by atoms with E-state index >= 15 is 0 Å². The summed E-state index contributed by atoms with van der Waals surface area (Å²) >= 11 is 0. The maximum absolute atomic E-state index is 12.6. The number of fused-ring (bicyclic) bond motifs is 1. The molecule has 0 unspecified atom stereocenters. The lowest BCUT2D eigenvalue weighted by molar-refractivity contribution is -0.130. The fourth-order valence-corrected chi connectivity index (χ4v) is 3.20. The average Bonchev–Trinajstić information content (AvgIpc) is 2.98. The Kier molecular flexibility index (Phi) is 4.33. The third kappa shape index (κ3) is 2.99. The van der Waals surface area contributed by atoms with E-state index in [0.29, 0.717) is 27.9 Å². The minimum absolute atomic E-state index is 0.161. The van der Waals surface area contributed by atoms with Crippen LogP contribution in [0, 0.1) is 0 Å². The van der Waals surface area contributed by atoms with Crippen LogP contribution in [0.3, 0.4) is 0 Å². The van der Waals surface area contributed by atoms with Gasteiger partial charge in [0.05, 0.1) is 22.4 Å². The highest BCUT2D eigenvalue weighted by atomic mass is 16.4. The minimum atomic E-state index is -1.03. The van der Waals surface area contributed by atoms with Crippen LogP contribution in [0.5, 0.6) is 0 Å². The average molecular weight is 369 g/mol. The van der Waals surface area contributed by atoms with Crippen LogP contribution in [0.15, 0.2) is 78.9 Å². The van der Waals surface area contributed by atoms with E-state index in [-0.39, 0.29) is 17.4 Å². The molecule has 0 spiro atoms. The molecule has 0 aliphatic carbocycles. The van der Waals surface area contributed by atoms with E-state index in [1.807, 2.05) is 6.07 Å². The molecule has 28 heavy (non-hydrogen) atoms. The number of nitrogens with zero attached hydrogens (tertiary/aromatic N) is 1. The number of carboxylic acids is 1. The molecule has 5 nitrogen and oxygen atoms in total. The molecular formula is C23H15NO4. The van der Waals surface area contributed by atoms with Crippen molar-refractivity contribution in [1.29, 1.82) is 0 Å². The van der Waals surface area contributed by atoms with Crippen LogP contribution >= 0.6 is 0 Å². The van der Waals surface area contributed by atoms with Crippen molar-refractivity contribution in [2.45, 2.75) is 0 Å². The molecule has 5 heteroatoms. The van der Waals surface area contributed by atoms with Crippen molar-refractivity contribution in [3.63, 3.8) is 0 Å². The number of benzene rings is 3. The Morgan fingerprint density at radius 2 is 1.29 bits per heavy atom. The van der Waals surface area contributed by atoms with Gasteiger partial charge in [-0.25, -0.2) is 9.69 Å². The van der Waals surface area contributed by atoms with Gasteiger partial charge in [0, 0.05) is 0 Å². The van der Waals surface area contributed by atoms with Crippen molar-refractivity contribution in [3.05, 3.63) is 101 Å². The number of anilines is 1. The number of rotatable bonds is 4. The molecule has 136 valence electrons. The molecule has 2 amide bonds. The summed E-state index contributed by atoms with van der Waals surface area (Å²) in [6, 6.07) is 22.2. The quantitative estimate of drug-likeness (QED) is 0.427. The van der Waals surface area contributed by atoms with Gasteiger partial charge >= 0.3 is 5.97 Å². The van der Waals surface area contributed by atoms with E-state index < -0.39 is 5.97 Å². The molecule has 1 aliphatic heterocycles. The molecule has 0 atom stereocenters. The van der Waals surface area contributed by atoms with Gasteiger partial charge in [0.25, 0.3) is 11.8 Å². The number of hydrogen-bond acceptors (Lipinski definition) is 3. The molecule has 3 aromatic carbocycles. The third-order valence-corrected chi connectivity index (χ3v) is 4.57. The maximum Gasteiger partial charge on any atom is 0.336 e. The molecule has 0 aromatic heterocycles. The lowest BCUT2D eigenvalue weighted by atomic mass is 10.0. The molecule has 0 fully saturated rings. The molecule has 0 saturated carbocycles. The molecule has 1 heterocycles. The molecule has 4 rings (SSSR count). The number of carbonyl (C=O) groups excluding carboxylic acids is 2.